The second-order valence-corrected chi connectivity index (χ2v) is 6.72. The summed E-state index contributed by atoms with van der Waals surface area (Å²) < 4.78 is 5.32. The summed E-state index contributed by atoms with van der Waals surface area (Å²) in [6, 6.07) is 8.56. The number of rotatable bonds is 6. The monoisotopic (exact) mass is 307 g/mol. The van der Waals surface area contributed by atoms with Crippen LogP contribution in [0.2, 0.25) is 0 Å². The number of nitrogens with one attached hydrogen (secondary N) is 1. The first-order valence-corrected chi connectivity index (χ1v) is 8.27. The first-order chi connectivity index (χ1) is 10.1. The highest BCUT2D eigenvalue weighted by Crippen LogP contribution is 2.25. The van der Waals surface area contributed by atoms with Gasteiger partial charge in [-0.2, -0.15) is 0 Å². The highest BCUT2D eigenvalue weighted by Gasteiger charge is 2.20. The van der Waals surface area contributed by atoms with Crippen LogP contribution in [0.25, 0.3) is 0 Å². The fourth-order valence-electron chi connectivity index (χ4n) is 2.36. The number of hydrogen-bond donors (Lipinski definition) is 1. The molecule has 1 aromatic carbocycles. The summed E-state index contributed by atoms with van der Waals surface area (Å²) in [5.41, 5.74) is 1.25. The maximum Gasteiger partial charge on any atom is 0.156 e. The summed E-state index contributed by atoms with van der Waals surface area (Å²) >= 11 is 1.86. The van der Waals surface area contributed by atoms with E-state index in [4.69, 9.17) is 4.74 Å². The van der Waals surface area contributed by atoms with Crippen molar-refractivity contribution in [3.05, 3.63) is 29.8 Å². The predicted molar refractivity (Wildman–Crippen MR) is 91.4 cm³/mol. The molecule has 1 heterocycles. The van der Waals surface area contributed by atoms with Crippen LogP contribution in [-0.2, 0) is 0 Å². The second-order valence-electron chi connectivity index (χ2n) is 5.43. The van der Waals surface area contributed by atoms with Crippen molar-refractivity contribution in [2.24, 2.45) is 4.99 Å². The Kier molecular flexibility index (Phi) is 5.94. The Labute approximate surface area is 132 Å². The summed E-state index contributed by atoms with van der Waals surface area (Å²) in [6.45, 7) is 4.01. The van der Waals surface area contributed by atoms with Crippen molar-refractivity contribution in [2.75, 3.05) is 34.3 Å². The van der Waals surface area contributed by atoms with Gasteiger partial charge in [-0.3, -0.25) is 4.99 Å². The van der Waals surface area contributed by atoms with Crippen molar-refractivity contribution in [3.8, 4) is 5.75 Å². The quantitative estimate of drug-likeness (QED) is 0.877. The van der Waals surface area contributed by atoms with E-state index in [-0.39, 0.29) is 0 Å². The van der Waals surface area contributed by atoms with Crippen molar-refractivity contribution >= 4 is 16.9 Å². The second kappa shape index (κ2) is 7.71. The zero-order chi connectivity index (χ0) is 15.2. The van der Waals surface area contributed by atoms with Gasteiger partial charge in [0.15, 0.2) is 5.17 Å². The number of likely N-dealkylation sites (N-methyl/N-ethyl adjacent to an activating group) is 1. The third kappa shape index (κ3) is 4.38. The maximum atomic E-state index is 5.32. The van der Waals surface area contributed by atoms with E-state index >= 15 is 0 Å². The van der Waals surface area contributed by atoms with E-state index in [1.807, 2.05) is 23.9 Å². The summed E-state index contributed by atoms with van der Waals surface area (Å²) in [5, 5.41) is 5.21. The zero-order valence-corrected chi connectivity index (χ0v) is 14.1. The van der Waals surface area contributed by atoms with Crippen LogP contribution in [0.1, 0.15) is 24.9 Å². The van der Waals surface area contributed by atoms with Crippen molar-refractivity contribution in [3.63, 3.8) is 0 Å². The van der Waals surface area contributed by atoms with E-state index in [1.54, 1.807) is 7.11 Å². The van der Waals surface area contributed by atoms with E-state index in [9.17, 15) is 0 Å². The Hall–Kier alpha value is -1.20. The lowest BCUT2D eigenvalue weighted by Crippen LogP contribution is -2.33. The number of methoxy groups -OCH3 is 1. The van der Waals surface area contributed by atoms with Gasteiger partial charge in [0.05, 0.1) is 19.7 Å². The van der Waals surface area contributed by atoms with Crippen molar-refractivity contribution in [1.82, 2.24) is 10.2 Å². The number of aliphatic imine (C=N–C) groups is 1. The number of ether oxygens (including phenoxy) is 1. The predicted octanol–water partition coefficient (Wildman–Crippen LogP) is 2.77. The van der Waals surface area contributed by atoms with Crippen LogP contribution in [0.4, 0.5) is 0 Å². The van der Waals surface area contributed by atoms with Crippen molar-refractivity contribution in [1.29, 1.82) is 0 Å². The molecule has 0 aliphatic carbocycles. The fourth-order valence-corrected chi connectivity index (χ4v) is 3.31. The van der Waals surface area contributed by atoms with Gasteiger partial charge in [-0.05, 0) is 38.2 Å². The van der Waals surface area contributed by atoms with Gasteiger partial charge in [0.25, 0.3) is 0 Å². The van der Waals surface area contributed by atoms with Crippen LogP contribution < -0.4 is 10.1 Å². The topological polar surface area (TPSA) is 36.9 Å². The third-order valence-corrected chi connectivity index (χ3v) is 5.03. The third-order valence-electron chi connectivity index (χ3n) is 3.72. The summed E-state index contributed by atoms with van der Waals surface area (Å²) in [4.78, 5) is 6.79. The molecule has 0 spiro atoms. The molecule has 4 nitrogen and oxygen atoms in total. The average Bonchev–Trinajstić information content (AvgIpc) is 2.95. The van der Waals surface area contributed by atoms with Gasteiger partial charge in [-0.1, -0.05) is 30.8 Å². The molecule has 5 heteroatoms. The van der Waals surface area contributed by atoms with Crippen molar-refractivity contribution < 1.29 is 4.74 Å². The van der Waals surface area contributed by atoms with Gasteiger partial charge >= 0.3 is 0 Å². The summed E-state index contributed by atoms with van der Waals surface area (Å²) in [6.07, 6.45) is 1.17. The molecule has 1 N–H and O–H groups in total. The molecule has 1 aromatic rings. The maximum absolute atomic E-state index is 5.32. The first-order valence-electron chi connectivity index (χ1n) is 7.39. The Bertz CT molecular complexity index is 490. The van der Waals surface area contributed by atoms with Crippen molar-refractivity contribution in [2.45, 2.75) is 24.6 Å². The minimum absolute atomic E-state index is 0.295. The molecule has 2 atom stereocenters. The van der Waals surface area contributed by atoms with Crippen LogP contribution in [0.5, 0.6) is 5.75 Å². The van der Waals surface area contributed by atoms with Crippen LogP contribution in [-0.4, -0.2) is 49.6 Å². The van der Waals surface area contributed by atoms with Gasteiger partial charge in [0, 0.05) is 11.8 Å². The molecule has 2 rings (SSSR count). The van der Waals surface area contributed by atoms with E-state index in [0.717, 1.165) is 24.0 Å². The normalized spacial score (nSPS) is 19.5. The summed E-state index contributed by atoms with van der Waals surface area (Å²) in [7, 11) is 5.91. The average molecular weight is 307 g/mol. The number of benzene rings is 1. The van der Waals surface area contributed by atoms with E-state index < -0.39 is 0 Å². The Morgan fingerprint density at radius 2 is 2.29 bits per heavy atom. The van der Waals surface area contributed by atoms with Gasteiger partial charge in [-0.25, -0.2) is 0 Å². The van der Waals surface area contributed by atoms with Gasteiger partial charge in [0.1, 0.15) is 5.75 Å². The lowest BCUT2D eigenvalue weighted by Gasteiger charge is -2.25. The Balaban J connectivity index is 1.99. The molecule has 1 aliphatic rings. The molecule has 0 bridgehead atoms. The van der Waals surface area contributed by atoms with Crippen LogP contribution in [0.15, 0.2) is 29.3 Å². The Morgan fingerprint density at radius 3 is 2.90 bits per heavy atom. The minimum Gasteiger partial charge on any atom is -0.497 e. The molecular weight excluding hydrogens is 282 g/mol. The molecular formula is C16H25N3OS. The van der Waals surface area contributed by atoms with E-state index in [0.29, 0.717) is 11.3 Å². The molecule has 0 saturated carbocycles. The fraction of sp³-hybridized carbons (Fsp3) is 0.562. The molecule has 21 heavy (non-hydrogen) atoms. The lowest BCUT2D eigenvalue weighted by atomic mass is 10.1. The number of hydrogen-bond acceptors (Lipinski definition) is 5. The van der Waals surface area contributed by atoms with Gasteiger partial charge in [-0.15, -0.1) is 0 Å². The van der Waals surface area contributed by atoms with Crippen LogP contribution in [0, 0.1) is 0 Å². The Morgan fingerprint density at radius 1 is 1.48 bits per heavy atom. The van der Waals surface area contributed by atoms with Gasteiger partial charge < -0.3 is 15.0 Å². The molecule has 1 aliphatic heterocycles. The standard InChI is InChI=1S/C16H25N3OS/c1-5-14-10-17-16(21-14)18-11-15(19(2)3)12-7-6-8-13(9-12)20-4/h6-9,14-15H,5,10-11H2,1-4H3,(H,17,18). The largest absolute Gasteiger partial charge is 0.497 e. The number of nitrogens with zero attached hydrogens (tertiary/aromatic N) is 2. The molecule has 116 valence electrons. The molecule has 0 saturated heterocycles. The SMILES string of the molecule is CCC1CN=C(NCC(c2cccc(OC)c2)N(C)C)S1. The molecule has 0 aromatic heterocycles. The highest BCUT2D eigenvalue weighted by atomic mass is 32.2. The van der Waals surface area contributed by atoms with E-state index in [1.165, 1.54) is 12.0 Å². The van der Waals surface area contributed by atoms with Gasteiger partial charge in [0.2, 0.25) is 0 Å². The zero-order valence-electron chi connectivity index (χ0n) is 13.3. The minimum atomic E-state index is 0.295. The smallest absolute Gasteiger partial charge is 0.156 e. The first kappa shape index (κ1) is 16.2. The van der Waals surface area contributed by atoms with E-state index in [2.05, 4.69) is 48.4 Å². The number of thioether (sulfide) groups is 1. The lowest BCUT2D eigenvalue weighted by molar-refractivity contribution is 0.298. The van der Waals surface area contributed by atoms with Crippen LogP contribution in [0.3, 0.4) is 0 Å². The molecule has 0 fully saturated rings. The number of amidine groups is 1. The molecule has 2 unspecified atom stereocenters. The molecule has 0 amide bonds. The molecule has 0 radical (unpaired) electrons. The van der Waals surface area contributed by atoms with Crippen LogP contribution >= 0.6 is 11.8 Å². The highest BCUT2D eigenvalue weighted by molar-refractivity contribution is 8.14. The summed E-state index contributed by atoms with van der Waals surface area (Å²) in [5.74, 6) is 0.901.